The van der Waals surface area contributed by atoms with Gasteiger partial charge in [-0.2, -0.15) is 0 Å². The van der Waals surface area contributed by atoms with Gasteiger partial charge in [-0.1, -0.05) is 228 Å². The number of fused-ring (bicyclic) bond motifs is 3. The Morgan fingerprint density at radius 3 is 0.928 bits per heavy atom. The molecule has 0 amide bonds. The van der Waals surface area contributed by atoms with Crippen molar-refractivity contribution < 1.29 is 0 Å². The second-order valence-corrected chi connectivity index (χ2v) is 20.4. The zero-order valence-electron chi connectivity index (χ0n) is 39.3. The van der Waals surface area contributed by atoms with Crippen molar-refractivity contribution in [2.75, 3.05) is 0 Å². The van der Waals surface area contributed by atoms with E-state index >= 15 is 0 Å². The third-order valence-corrected chi connectivity index (χ3v) is 16.0. The van der Waals surface area contributed by atoms with Crippen molar-refractivity contribution >= 4 is 43.4 Å². The summed E-state index contributed by atoms with van der Waals surface area (Å²) in [6.45, 7) is 9.74. The Hall–Kier alpha value is -8.26. The van der Waals surface area contributed by atoms with E-state index in [4.69, 9.17) is 0 Å². The summed E-state index contributed by atoms with van der Waals surface area (Å²) in [5, 5.41) is 7.72. The first kappa shape index (κ1) is 39.9. The number of para-hydroxylation sites is 1. The molecule has 0 atom stereocenters. The van der Waals surface area contributed by atoms with E-state index in [-0.39, 0.29) is 10.8 Å². The highest BCUT2D eigenvalue weighted by atomic mass is 15.0. The molecule has 0 spiro atoms. The quantitative estimate of drug-likeness (QED) is 0.157. The summed E-state index contributed by atoms with van der Waals surface area (Å²) in [7, 11) is 0. The third-order valence-electron chi connectivity index (χ3n) is 16.0. The van der Waals surface area contributed by atoms with E-state index in [0.29, 0.717) is 0 Å². The highest BCUT2D eigenvalue weighted by Gasteiger charge is 2.43. The second kappa shape index (κ2) is 14.6. The highest BCUT2D eigenvalue weighted by Crippen LogP contribution is 2.56. The normalized spacial score (nSPS) is 14.0. The maximum atomic E-state index is 2.64. The van der Waals surface area contributed by atoms with Crippen LogP contribution in [0.3, 0.4) is 0 Å². The lowest BCUT2D eigenvalue weighted by molar-refractivity contribution is 0.594. The summed E-state index contributed by atoms with van der Waals surface area (Å²) in [5.41, 5.74) is 24.1. The molecule has 0 saturated carbocycles. The van der Waals surface area contributed by atoms with E-state index < -0.39 is 0 Å². The number of hydrogen-bond acceptors (Lipinski definition) is 0. The van der Waals surface area contributed by atoms with Gasteiger partial charge in [-0.15, -0.1) is 0 Å². The van der Waals surface area contributed by atoms with Gasteiger partial charge >= 0.3 is 0 Å². The Balaban J connectivity index is 0.920. The van der Waals surface area contributed by atoms with Crippen LogP contribution >= 0.6 is 0 Å². The first-order valence-electron chi connectivity index (χ1n) is 24.4. The first-order valence-corrected chi connectivity index (χ1v) is 24.4. The van der Waals surface area contributed by atoms with Crippen LogP contribution in [0.15, 0.2) is 224 Å². The Morgan fingerprint density at radius 2 is 0.565 bits per heavy atom. The Labute approximate surface area is 403 Å². The molecule has 0 unspecified atom stereocenters. The van der Waals surface area contributed by atoms with Crippen LogP contribution in [0.5, 0.6) is 0 Å². The van der Waals surface area contributed by atoms with Crippen molar-refractivity contribution in [1.29, 1.82) is 0 Å². The van der Waals surface area contributed by atoms with E-state index in [2.05, 4.69) is 257 Å². The molecule has 2 aliphatic heterocycles. The van der Waals surface area contributed by atoms with Crippen LogP contribution < -0.4 is 0 Å². The fraction of sp³-hybridized carbons (Fsp3) is 0.0882. The predicted octanol–water partition coefficient (Wildman–Crippen LogP) is 18.4. The maximum absolute atomic E-state index is 2.64. The summed E-state index contributed by atoms with van der Waals surface area (Å²) >= 11 is 0. The molecule has 0 N–H and O–H groups in total. The van der Waals surface area contributed by atoms with Crippen molar-refractivity contribution in [3.63, 3.8) is 0 Å². The number of benzene rings is 11. The van der Waals surface area contributed by atoms with Gasteiger partial charge in [0.15, 0.2) is 0 Å². The molecular formula is C68H49N. The largest absolute Gasteiger partial charge is 0.308 e. The number of hydrogen-bond donors (Lipinski definition) is 0. The molecule has 326 valence electrons. The van der Waals surface area contributed by atoms with Gasteiger partial charge in [-0.3, -0.25) is 0 Å². The molecule has 0 bridgehead atoms. The van der Waals surface area contributed by atoms with Crippen molar-refractivity contribution in [2.45, 2.75) is 38.5 Å². The van der Waals surface area contributed by atoms with Crippen LogP contribution in [-0.2, 0) is 10.8 Å². The summed E-state index contributed by atoms with van der Waals surface area (Å²) in [6.07, 6.45) is 0. The van der Waals surface area contributed by atoms with Gasteiger partial charge in [0.2, 0.25) is 0 Å². The molecule has 11 aromatic carbocycles. The predicted molar refractivity (Wildman–Crippen MR) is 293 cm³/mol. The average Bonchev–Trinajstić information content (AvgIpc) is 3.73. The molecule has 2 aliphatic rings. The lowest BCUT2D eigenvalue weighted by Crippen LogP contribution is -2.33. The van der Waals surface area contributed by atoms with Gasteiger partial charge in [0.1, 0.15) is 0 Å². The van der Waals surface area contributed by atoms with E-state index in [1.165, 1.54) is 138 Å². The van der Waals surface area contributed by atoms with Gasteiger partial charge in [-0.05, 0) is 135 Å². The average molecular weight is 880 g/mol. The monoisotopic (exact) mass is 879 g/mol. The van der Waals surface area contributed by atoms with Gasteiger partial charge in [0.25, 0.3) is 0 Å². The van der Waals surface area contributed by atoms with Gasteiger partial charge < -0.3 is 4.57 Å². The number of aromatic nitrogens is 1. The van der Waals surface area contributed by atoms with E-state index in [1.807, 2.05) is 0 Å². The lowest BCUT2D eigenvalue weighted by atomic mass is 9.68. The third kappa shape index (κ3) is 5.77. The van der Waals surface area contributed by atoms with Gasteiger partial charge in [0, 0.05) is 21.6 Å². The van der Waals surface area contributed by atoms with Crippen molar-refractivity contribution in [3.05, 3.63) is 247 Å². The maximum Gasteiger partial charge on any atom is 0.0582 e. The molecule has 14 rings (SSSR count). The summed E-state index contributed by atoms with van der Waals surface area (Å²) < 4.78 is 2.64. The summed E-state index contributed by atoms with van der Waals surface area (Å²) in [5.74, 6) is 0. The second-order valence-electron chi connectivity index (χ2n) is 20.4. The van der Waals surface area contributed by atoms with Crippen molar-refractivity contribution in [1.82, 2.24) is 4.57 Å². The van der Waals surface area contributed by atoms with Crippen LogP contribution in [0.2, 0.25) is 0 Å². The lowest BCUT2D eigenvalue weighted by Gasteiger charge is -2.42. The standard InChI is InChI=1S/C68H49N/c1-67(2)60-28-15-29-61-66(60)69-64-58(38-48(40-62(64)67)42-30-34-46(35-31-42)52-22-13-24-54-50(20-11-26-56(52)54)44-16-7-5-8-17-44)59-39-49(41-63(65(59)69)68(61,3)4)43-32-36-47(37-33-43)53-23-14-25-55-51(21-12-27-57(53)55)45-18-9-6-10-19-45/h5-41H,1-4H3. The molecule has 69 heavy (non-hydrogen) atoms. The molecule has 1 heteroatoms. The van der Waals surface area contributed by atoms with E-state index in [9.17, 15) is 0 Å². The number of rotatable bonds is 6. The minimum Gasteiger partial charge on any atom is -0.308 e. The minimum absolute atomic E-state index is 0.209. The minimum atomic E-state index is -0.209. The van der Waals surface area contributed by atoms with Crippen molar-refractivity contribution in [3.8, 4) is 72.4 Å². The van der Waals surface area contributed by atoms with E-state index in [0.717, 1.165) is 0 Å². The molecule has 0 aliphatic carbocycles. The molecule has 0 saturated heterocycles. The Bertz CT molecular complexity index is 3810. The highest BCUT2D eigenvalue weighted by molar-refractivity contribution is 6.16. The molecule has 12 aromatic rings. The SMILES string of the molecule is CC1(C)c2cccc3c2-n2c4c1cc(-c1ccc(-c5cccc6c(-c7ccccc7)cccc56)cc1)cc4c1cc(-c4ccc(-c5cccc6c(-c7ccccc7)cccc56)cc4)cc(c12)C3(C)C. The molecule has 0 radical (unpaired) electrons. The van der Waals surface area contributed by atoms with Crippen LogP contribution in [-0.4, -0.2) is 4.57 Å². The zero-order valence-corrected chi connectivity index (χ0v) is 39.3. The van der Waals surface area contributed by atoms with Crippen LogP contribution in [0.25, 0.3) is 116 Å². The molecule has 0 fully saturated rings. The van der Waals surface area contributed by atoms with Crippen LogP contribution in [0, 0.1) is 0 Å². The van der Waals surface area contributed by atoms with Gasteiger partial charge in [-0.25, -0.2) is 0 Å². The topological polar surface area (TPSA) is 4.93 Å². The summed E-state index contributed by atoms with van der Waals surface area (Å²) in [4.78, 5) is 0. The molecule has 1 aromatic heterocycles. The Kier molecular flexibility index (Phi) is 8.45. The Morgan fingerprint density at radius 1 is 0.246 bits per heavy atom. The van der Waals surface area contributed by atoms with Crippen LogP contribution in [0.4, 0.5) is 0 Å². The van der Waals surface area contributed by atoms with Gasteiger partial charge in [0.05, 0.1) is 16.7 Å². The van der Waals surface area contributed by atoms with E-state index in [1.54, 1.807) is 0 Å². The number of nitrogens with zero attached hydrogens (tertiary/aromatic N) is 1. The molecule has 1 nitrogen and oxygen atoms in total. The fourth-order valence-corrected chi connectivity index (χ4v) is 12.4. The molecular weight excluding hydrogens is 831 g/mol. The van der Waals surface area contributed by atoms with Crippen LogP contribution in [0.1, 0.15) is 49.9 Å². The summed E-state index contributed by atoms with van der Waals surface area (Å²) in [6, 6.07) is 84.0. The smallest absolute Gasteiger partial charge is 0.0582 e. The zero-order chi connectivity index (χ0) is 46.2. The van der Waals surface area contributed by atoms with Crippen molar-refractivity contribution in [2.24, 2.45) is 0 Å². The first-order chi connectivity index (χ1) is 33.7. The fourth-order valence-electron chi connectivity index (χ4n) is 12.4. The molecule has 3 heterocycles.